The average molecular weight is 369 g/mol. The fourth-order valence-electron chi connectivity index (χ4n) is 2.28. The van der Waals surface area contributed by atoms with Crippen LogP contribution in [0.3, 0.4) is 0 Å². The van der Waals surface area contributed by atoms with E-state index in [1.165, 1.54) is 14.2 Å². The van der Waals surface area contributed by atoms with Crippen LogP contribution in [0.2, 0.25) is 0 Å². The first-order valence-corrected chi connectivity index (χ1v) is 7.94. The zero-order chi connectivity index (χ0) is 19.8. The van der Waals surface area contributed by atoms with Crippen molar-refractivity contribution in [2.45, 2.75) is 6.92 Å². The van der Waals surface area contributed by atoms with Crippen LogP contribution in [-0.2, 0) is 4.79 Å². The number of methoxy groups -OCH3 is 2. The van der Waals surface area contributed by atoms with Crippen molar-refractivity contribution in [1.29, 1.82) is 5.26 Å². The third-order valence-corrected chi connectivity index (χ3v) is 3.70. The zero-order valence-electron chi connectivity index (χ0n) is 15.2. The highest BCUT2D eigenvalue weighted by molar-refractivity contribution is 5.96. The van der Waals surface area contributed by atoms with E-state index < -0.39 is 11.8 Å². The second kappa shape index (κ2) is 9.10. The van der Waals surface area contributed by atoms with Gasteiger partial charge in [0.25, 0.3) is 11.8 Å². The SMILES string of the molecule is COc1cc(C(=O)NNC(=O)COc2ccccc2C#N)cc(OC)c1C. The number of ether oxygens (including phenoxy) is 3. The number of nitriles is 1. The van der Waals surface area contributed by atoms with E-state index in [-0.39, 0.29) is 17.9 Å². The van der Waals surface area contributed by atoms with Gasteiger partial charge in [-0.15, -0.1) is 0 Å². The van der Waals surface area contributed by atoms with Crippen LogP contribution in [0.1, 0.15) is 21.5 Å². The largest absolute Gasteiger partial charge is 0.496 e. The molecule has 2 N–H and O–H groups in total. The topological polar surface area (TPSA) is 110 Å². The number of carbonyl (C=O) groups is 2. The summed E-state index contributed by atoms with van der Waals surface area (Å²) >= 11 is 0. The third kappa shape index (κ3) is 4.89. The summed E-state index contributed by atoms with van der Waals surface area (Å²) < 4.78 is 15.7. The number of hydrazine groups is 1. The molecule has 8 heteroatoms. The molecule has 0 aliphatic heterocycles. The van der Waals surface area contributed by atoms with Gasteiger partial charge < -0.3 is 14.2 Å². The molecule has 0 radical (unpaired) electrons. The first-order chi connectivity index (χ1) is 13.0. The molecule has 0 unspecified atom stereocenters. The van der Waals surface area contributed by atoms with Crippen molar-refractivity contribution >= 4 is 11.8 Å². The Morgan fingerprint density at radius 3 is 2.26 bits per heavy atom. The second-order valence-electron chi connectivity index (χ2n) is 5.40. The van der Waals surface area contributed by atoms with Crippen LogP contribution in [0.15, 0.2) is 36.4 Å². The molecule has 140 valence electrons. The van der Waals surface area contributed by atoms with Crippen LogP contribution in [0.5, 0.6) is 17.2 Å². The van der Waals surface area contributed by atoms with Gasteiger partial charge in [-0.25, -0.2) is 0 Å². The number of benzene rings is 2. The van der Waals surface area contributed by atoms with E-state index in [2.05, 4.69) is 10.9 Å². The van der Waals surface area contributed by atoms with Crippen LogP contribution in [-0.4, -0.2) is 32.6 Å². The van der Waals surface area contributed by atoms with E-state index in [0.717, 1.165) is 5.56 Å². The number of carbonyl (C=O) groups excluding carboxylic acids is 2. The lowest BCUT2D eigenvalue weighted by Gasteiger charge is -2.13. The smallest absolute Gasteiger partial charge is 0.276 e. The maximum atomic E-state index is 12.3. The van der Waals surface area contributed by atoms with Gasteiger partial charge in [-0.05, 0) is 31.2 Å². The van der Waals surface area contributed by atoms with Crippen molar-refractivity contribution in [3.8, 4) is 23.3 Å². The summed E-state index contributed by atoms with van der Waals surface area (Å²) in [6.07, 6.45) is 0. The number of amides is 2. The van der Waals surface area contributed by atoms with Crippen LogP contribution in [0.25, 0.3) is 0 Å². The fourth-order valence-corrected chi connectivity index (χ4v) is 2.28. The predicted octanol–water partition coefficient (Wildman–Crippen LogP) is 1.72. The first-order valence-electron chi connectivity index (χ1n) is 7.94. The molecule has 2 aromatic carbocycles. The lowest BCUT2D eigenvalue weighted by Crippen LogP contribution is -2.43. The Labute approximate surface area is 156 Å². The molecule has 2 amide bonds. The van der Waals surface area contributed by atoms with E-state index >= 15 is 0 Å². The Kier molecular flexibility index (Phi) is 6.61. The maximum absolute atomic E-state index is 12.3. The monoisotopic (exact) mass is 369 g/mol. The van der Waals surface area contributed by atoms with Crippen molar-refractivity contribution in [2.75, 3.05) is 20.8 Å². The number of hydrogen-bond donors (Lipinski definition) is 2. The van der Waals surface area contributed by atoms with Gasteiger partial charge in [0.15, 0.2) is 6.61 Å². The predicted molar refractivity (Wildman–Crippen MR) is 96.5 cm³/mol. The van der Waals surface area contributed by atoms with Crippen molar-refractivity contribution in [3.05, 3.63) is 53.1 Å². The van der Waals surface area contributed by atoms with Crippen molar-refractivity contribution in [3.63, 3.8) is 0 Å². The molecule has 0 saturated carbocycles. The first kappa shape index (κ1) is 19.6. The lowest BCUT2D eigenvalue weighted by molar-refractivity contribution is -0.123. The number of para-hydroxylation sites is 1. The molecule has 27 heavy (non-hydrogen) atoms. The van der Waals surface area contributed by atoms with E-state index in [1.54, 1.807) is 43.3 Å². The molecule has 2 aromatic rings. The highest BCUT2D eigenvalue weighted by Gasteiger charge is 2.14. The van der Waals surface area contributed by atoms with Crippen molar-refractivity contribution < 1.29 is 23.8 Å². The number of hydrogen-bond acceptors (Lipinski definition) is 6. The van der Waals surface area contributed by atoms with E-state index in [0.29, 0.717) is 17.1 Å². The van der Waals surface area contributed by atoms with E-state index in [1.807, 2.05) is 6.07 Å². The number of nitrogens with one attached hydrogen (secondary N) is 2. The summed E-state index contributed by atoms with van der Waals surface area (Å²) in [7, 11) is 2.98. The maximum Gasteiger partial charge on any atom is 0.276 e. The summed E-state index contributed by atoms with van der Waals surface area (Å²) in [4.78, 5) is 24.1. The molecular formula is C19H19N3O5. The minimum Gasteiger partial charge on any atom is -0.496 e. The van der Waals surface area contributed by atoms with Gasteiger partial charge in [-0.1, -0.05) is 12.1 Å². The molecule has 0 fully saturated rings. The molecule has 0 heterocycles. The minimum atomic E-state index is -0.581. The summed E-state index contributed by atoms with van der Waals surface area (Å²) in [5.41, 5.74) is 5.86. The van der Waals surface area contributed by atoms with Crippen molar-refractivity contribution in [2.24, 2.45) is 0 Å². The zero-order valence-corrected chi connectivity index (χ0v) is 15.2. The van der Waals surface area contributed by atoms with Gasteiger partial charge >= 0.3 is 0 Å². The molecule has 0 saturated heterocycles. The summed E-state index contributed by atoms with van der Waals surface area (Å²) in [6.45, 7) is 1.44. The van der Waals surface area contributed by atoms with Gasteiger partial charge in [0.1, 0.15) is 23.3 Å². The summed E-state index contributed by atoms with van der Waals surface area (Å²) in [5.74, 6) is 0.138. The highest BCUT2D eigenvalue weighted by Crippen LogP contribution is 2.29. The van der Waals surface area contributed by atoms with Crippen LogP contribution in [0, 0.1) is 18.3 Å². The summed E-state index contributed by atoms with van der Waals surface area (Å²) in [6, 6.07) is 11.6. The average Bonchev–Trinajstić information content (AvgIpc) is 2.70. The number of nitrogens with zero attached hydrogens (tertiary/aromatic N) is 1. The molecule has 0 atom stereocenters. The normalized spacial score (nSPS) is 9.70. The minimum absolute atomic E-state index is 0.255. The molecule has 0 bridgehead atoms. The summed E-state index contributed by atoms with van der Waals surface area (Å²) in [5, 5.41) is 8.98. The molecule has 2 rings (SSSR count). The van der Waals surface area contributed by atoms with Crippen LogP contribution < -0.4 is 25.1 Å². The van der Waals surface area contributed by atoms with E-state index in [4.69, 9.17) is 19.5 Å². The van der Waals surface area contributed by atoms with Crippen molar-refractivity contribution in [1.82, 2.24) is 10.9 Å². The van der Waals surface area contributed by atoms with Gasteiger partial charge in [0.2, 0.25) is 0 Å². The highest BCUT2D eigenvalue weighted by atomic mass is 16.5. The number of rotatable bonds is 6. The molecule has 0 aliphatic carbocycles. The third-order valence-electron chi connectivity index (χ3n) is 3.70. The molecule has 0 aliphatic rings. The van der Waals surface area contributed by atoms with Gasteiger partial charge in [-0.2, -0.15) is 5.26 Å². The Morgan fingerprint density at radius 1 is 1.04 bits per heavy atom. The van der Waals surface area contributed by atoms with Gasteiger partial charge in [0.05, 0.1) is 19.8 Å². The molecule has 0 aromatic heterocycles. The van der Waals surface area contributed by atoms with Gasteiger partial charge in [-0.3, -0.25) is 20.4 Å². The molecule has 0 spiro atoms. The quantitative estimate of drug-likeness (QED) is 0.751. The van der Waals surface area contributed by atoms with E-state index in [9.17, 15) is 9.59 Å². The molecular weight excluding hydrogens is 350 g/mol. The fraction of sp³-hybridized carbons (Fsp3) is 0.211. The Balaban J connectivity index is 1.95. The van der Waals surface area contributed by atoms with Crippen LogP contribution in [0.4, 0.5) is 0 Å². The standard InChI is InChI=1S/C19H19N3O5/c1-12-16(25-2)8-14(9-17(12)26-3)19(24)22-21-18(23)11-27-15-7-5-4-6-13(15)10-20/h4-9H,11H2,1-3H3,(H,21,23)(H,22,24). The lowest BCUT2D eigenvalue weighted by atomic mass is 10.1. The van der Waals surface area contributed by atoms with Gasteiger partial charge in [0, 0.05) is 11.1 Å². The Bertz CT molecular complexity index is 864. The Hall–Kier alpha value is -3.73. The van der Waals surface area contributed by atoms with Crippen LogP contribution >= 0.6 is 0 Å². The second-order valence-corrected chi connectivity index (χ2v) is 5.40. The Morgan fingerprint density at radius 2 is 1.67 bits per heavy atom. The molecule has 8 nitrogen and oxygen atoms in total.